The number of halogens is 1. The molecule has 0 heterocycles. The summed E-state index contributed by atoms with van der Waals surface area (Å²) in [5.41, 5.74) is 0. The lowest BCUT2D eigenvalue weighted by atomic mass is 10.3. The van der Waals surface area contributed by atoms with Crippen molar-refractivity contribution in [3.05, 3.63) is 0 Å². The summed E-state index contributed by atoms with van der Waals surface area (Å²) in [5, 5.41) is 0. The SMILES string of the molecule is CCCCCS(C)(C)OP(=O)(F)OS(C)(C)CCCCC. The molecule has 0 aliphatic carbocycles. The van der Waals surface area contributed by atoms with Gasteiger partial charge in [0.1, 0.15) is 0 Å². The smallest absolute Gasteiger partial charge is 0.234 e. The molecule has 0 fully saturated rings. The Morgan fingerprint density at radius 3 is 1.43 bits per heavy atom. The van der Waals surface area contributed by atoms with Crippen molar-refractivity contribution in [2.24, 2.45) is 0 Å². The summed E-state index contributed by atoms with van der Waals surface area (Å²) in [7, 11) is -7.78. The third kappa shape index (κ3) is 11.9. The highest BCUT2D eigenvalue weighted by molar-refractivity contribution is 8.32. The van der Waals surface area contributed by atoms with Crippen molar-refractivity contribution in [2.45, 2.75) is 52.4 Å². The van der Waals surface area contributed by atoms with E-state index in [1.54, 1.807) is 0 Å². The lowest BCUT2D eigenvalue weighted by Gasteiger charge is -2.36. The Kier molecular flexibility index (Phi) is 10.2. The summed E-state index contributed by atoms with van der Waals surface area (Å²) in [5.74, 6) is 1.54. The van der Waals surface area contributed by atoms with Gasteiger partial charge in [0.25, 0.3) is 0 Å². The fourth-order valence-electron chi connectivity index (χ4n) is 1.97. The molecule has 0 bridgehead atoms. The van der Waals surface area contributed by atoms with Crippen LogP contribution in [0.25, 0.3) is 0 Å². The van der Waals surface area contributed by atoms with Crippen LogP contribution in [0.2, 0.25) is 0 Å². The maximum atomic E-state index is 14.3. The van der Waals surface area contributed by atoms with Crippen molar-refractivity contribution in [3.8, 4) is 0 Å². The molecule has 0 aromatic carbocycles. The summed E-state index contributed by atoms with van der Waals surface area (Å²) in [6.45, 7) is 4.24. The monoisotopic (exact) mass is 364 g/mol. The van der Waals surface area contributed by atoms with Gasteiger partial charge in [0, 0.05) is 0 Å². The molecule has 132 valence electrons. The minimum atomic E-state index is -4.46. The first-order valence-corrected chi connectivity index (χ1v) is 14.2. The molecule has 0 N–H and O–H groups in total. The van der Waals surface area contributed by atoms with Gasteiger partial charge in [0.05, 0.1) is 0 Å². The number of hydrogen-bond donors (Lipinski definition) is 0. The van der Waals surface area contributed by atoms with Gasteiger partial charge < -0.3 is 0 Å². The minimum absolute atomic E-state index is 0.768. The summed E-state index contributed by atoms with van der Waals surface area (Å²) in [6.07, 6.45) is 13.8. The molecule has 0 aliphatic heterocycles. The lowest BCUT2D eigenvalue weighted by Crippen LogP contribution is -2.08. The van der Waals surface area contributed by atoms with Gasteiger partial charge in [-0.2, -0.15) is 0 Å². The molecule has 0 saturated carbocycles. The van der Waals surface area contributed by atoms with E-state index >= 15 is 0 Å². The van der Waals surface area contributed by atoms with Crippen LogP contribution in [0.4, 0.5) is 4.20 Å². The lowest BCUT2D eigenvalue weighted by molar-refractivity contribution is 0.368. The van der Waals surface area contributed by atoms with Crippen LogP contribution in [0, 0.1) is 0 Å². The van der Waals surface area contributed by atoms with Crippen molar-refractivity contribution in [3.63, 3.8) is 0 Å². The van der Waals surface area contributed by atoms with Gasteiger partial charge in [0.2, 0.25) is 0 Å². The molecule has 0 rings (SSSR count). The first kappa shape index (κ1) is 21.8. The molecule has 0 aromatic heterocycles. The summed E-state index contributed by atoms with van der Waals surface area (Å²) in [6, 6.07) is 0. The molecular formula is C14H34FO3PS2. The highest BCUT2D eigenvalue weighted by Gasteiger charge is 2.35. The van der Waals surface area contributed by atoms with Gasteiger partial charge >= 0.3 is 7.91 Å². The molecule has 0 radical (unpaired) electrons. The fraction of sp³-hybridized carbons (Fsp3) is 1.00. The van der Waals surface area contributed by atoms with Crippen LogP contribution in [0.1, 0.15) is 52.4 Å². The molecule has 0 atom stereocenters. The van der Waals surface area contributed by atoms with Crippen molar-refractivity contribution >= 4 is 28.5 Å². The van der Waals surface area contributed by atoms with Crippen molar-refractivity contribution < 1.29 is 16.7 Å². The van der Waals surface area contributed by atoms with E-state index in [1.165, 1.54) is 0 Å². The predicted octanol–water partition coefficient (Wildman–Crippen LogP) is 6.44. The van der Waals surface area contributed by atoms with Crippen molar-refractivity contribution in [1.82, 2.24) is 0 Å². The highest BCUT2D eigenvalue weighted by Crippen LogP contribution is 2.69. The molecule has 0 aromatic rings. The molecule has 21 heavy (non-hydrogen) atoms. The Balaban J connectivity index is 4.42. The van der Waals surface area contributed by atoms with E-state index in [9.17, 15) is 8.76 Å². The van der Waals surface area contributed by atoms with E-state index in [2.05, 4.69) is 13.8 Å². The molecule has 0 spiro atoms. The zero-order valence-electron chi connectivity index (χ0n) is 14.5. The summed E-state index contributed by atoms with van der Waals surface area (Å²) >= 11 is 0. The van der Waals surface area contributed by atoms with Crippen LogP contribution in [0.5, 0.6) is 0 Å². The Bertz CT molecular complexity index is 310. The Morgan fingerprint density at radius 2 is 1.14 bits per heavy atom. The van der Waals surface area contributed by atoms with Crippen LogP contribution in [-0.4, -0.2) is 36.5 Å². The maximum absolute atomic E-state index is 14.3. The minimum Gasteiger partial charge on any atom is -0.234 e. The second-order valence-electron chi connectivity index (χ2n) is 6.28. The zero-order valence-corrected chi connectivity index (χ0v) is 17.1. The topological polar surface area (TPSA) is 35.5 Å². The van der Waals surface area contributed by atoms with Gasteiger partial charge in [-0.15, -0.1) is 24.8 Å². The van der Waals surface area contributed by atoms with Gasteiger partial charge in [-0.05, 0) is 49.4 Å². The standard InChI is InChI=1S/C14H34FO3PS2/c1-7-9-11-13-20(3,4)17-19(15,16)18-21(5,6)14-12-10-8-2/h7-14H2,1-6H3. The third-order valence-electron chi connectivity index (χ3n) is 3.06. The Morgan fingerprint density at radius 1 is 0.810 bits per heavy atom. The Labute approximate surface area is 134 Å². The van der Waals surface area contributed by atoms with Gasteiger partial charge in [-0.25, -0.2) is 12.5 Å². The normalized spacial score (nSPS) is 15.2. The van der Waals surface area contributed by atoms with Crippen LogP contribution in [0.3, 0.4) is 0 Å². The van der Waals surface area contributed by atoms with Gasteiger partial charge in [0.15, 0.2) is 0 Å². The molecular weight excluding hydrogens is 330 g/mol. The Hall–Kier alpha value is 0.780. The highest BCUT2D eigenvalue weighted by atomic mass is 32.3. The third-order valence-corrected chi connectivity index (χ3v) is 10.3. The van der Waals surface area contributed by atoms with E-state index < -0.39 is 28.5 Å². The van der Waals surface area contributed by atoms with Crippen LogP contribution in [0.15, 0.2) is 0 Å². The first-order valence-electron chi connectivity index (χ1n) is 7.67. The molecule has 7 heteroatoms. The summed E-state index contributed by atoms with van der Waals surface area (Å²) < 4.78 is 36.9. The predicted molar refractivity (Wildman–Crippen MR) is 98.5 cm³/mol. The van der Waals surface area contributed by atoms with E-state index in [4.69, 9.17) is 7.94 Å². The quantitative estimate of drug-likeness (QED) is 0.295. The van der Waals surface area contributed by atoms with E-state index in [0.717, 1.165) is 50.0 Å². The van der Waals surface area contributed by atoms with Crippen molar-refractivity contribution in [1.29, 1.82) is 0 Å². The molecule has 3 nitrogen and oxygen atoms in total. The average Bonchev–Trinajstić information content (AvgIpc) is 2.25. The van der Waals surface area contributed by atoms with E-state index in [-0.39, 0.29) is 0 Å². The van der Waals surface area contributed by atoms with Gasteiger partial charge in [-0.3, -0.25) is 0 Å². The van der Waals surface area contributed by atoms with E-state index in [0.29, 0.717) is 0 Å². The van der Waals surface area contributed by atoms with Crippen LogP contribution < -0.4 is 0 Å². The largest absolute Gasteiger partial charge is 0.532 e. The fourth-order valence-corrected chi connectivity index (χ4v) is 8.54. The molecule has 0 amide bonds. The van der Waals surface area contributed by atoms with Crippen molar-refractivity contribution in [2.75, 3.05) is 36.5 Å². The van der Waals surface area contributed by atoms with E-state index in [1.807, 2.05) is 25.0 Å². The molecule has 0 saturated heterocycles. The molecule has 0 unspecified atom stereocenters. The zero-order chi connectivity index (χ0) is 16.6. The average molecular weight is 365 g/mol. The number of rotatable bonds is 12. The number of unbranched alkanes of at least 4 members (excludes halogenated alkanes) is 4. The first-order chi connectivity index (χ1) is 9.54. The second kappa shape index (κ2) is 9.82. The van der Waals surface area contributed by atoms with Crippen LogP contribution >= 0.6 is 28.5 Å². The second-order valence-corrected chi connectivity index (χ2v) is 14.9. The maximum Gasteiger partial charge on any atom is 0.532 e. The number of hydrogen-bond acceptors (Lipinski definition) is 3. The van der Waals surface area contributed by atoms with Gasteiger partial charge in [-0.1, -0.05) is 39.5 Å². The molecule has 0 aliphatic rings. The summed E-state index contributed by atoms with van der Waals surface area (Å²) in [4.78, 5) is 0. The van der Waals surface area contributed by atoms with Crippen LogP contribution in [-0.2, 0) is 12.5 Å².